The smallest absolute Gasteiger partial charge is 0.277 e. The van der Waals surface area contributed by atoms with Crippen molar-refractivity contribution in [2.24, 2.45) is 5.41 Å². The zero-order valence-electron chi connectivity index (χ0n) is 22.9. The molecule has 9 nitrogen and oxygen atoms in total. The topological polar surface area (TPSA) is 100 Å². The third kappa shape index (κ3) is 5.02. The van der Waals surface area contributed by atoms with Crippen molar-refractivity contribution in [1.82, 2.24) is 24.0 Å². The third-order valence-corrected chi connectivity index (χ3v) is 9.18. The standard InChI is InChI=1S/C31H34ClN5O4/c32-26-20-24(23-8-3-1-4-9-23)11-12-31(26,28(39)34-15-5-2-6-16-34)29(40)35-18-13-30(41,14-19-35)21-36-22-33-37-17-7-10-25(37)27(36)38/h1,3-4,7-12,17,20,22,26,41H,2,5-6,13-16,18-19,21H2. The summed E-state index contributed by atoms with van der Waals surface area (Å²) >= 11 is 7.01. The van der Waals surface area contributed by atoms with Crippen molar-refractivity contribution >= 4 is 34.5 Å². The van der Waals surface area contributed by atoms with Crippen molar-refractivity contribution < 1.29 is 14.7 Å². The largest absolute Gasteiger partial charge is 0.388 e. The van der Waals surface area contributed by atoms with Gasteiger partial charge in [-0.1, -0.05) is 48.6 Å². The maximum atomic E-state index is 14.3. The van der Waals surface area contributed by atoms with Crippen LogP contribution in [0.2, 0.25) is 0 Å². The molecule has 3 aliphatic rings. The molecule has 2 fully saturated rings. The summed E-state index contributed by atoms with van der Waals surface area (Å²) in [6.45, 7) is 1.77. The van der Waals surface area contributed by atoms with Gasteiger partial charge in [0.15, 0.2) is 5.41 Å². The monoisotopic (exact) mass is 575 g/mol. The van der Waals surface area contributed by atoms with Gasteiger partial charge in [-0.05, 0) is 55.4 Å². The van der Waals surface area contributed by atoms with Gasteiger partial charge in [-0.3, -0.25) is 19.0 Å². The molecule has 10 heteroatoms. The van der Waals surface area contributed by atoms with Crippen molar-refractivity contribution in [1.29, 1.82) is 0 Å². The molecule has 2 unspecified atom stereocenters. The van der Waals surface area contributed by atoms with Gasteiger partial charge in [0.1, 0.15) is 11.8 Å². The minimum absolute atomic E-state index is 0.0710. The fourth-order valence-corrected chi connectivity index (χ4v) is 6.64. The fourth-order valence-electron chi connectivity index (χ4n) is 6.24. The number of fused-ring (bicyclic) bond motifs is 1. The van der Waals surface area contributed by atoms with Gasteiger partial charge in [-0.15, -0.1) is 11.6 Å². The first-order valence-electron chi connectivity index (χ1n) is 14.3. The fraction of sp³-hybridized carbons (Fsp3) is 0.419. The van der Waals surface area contributed by atoms with E-state index in [1.165, 1.54) is 15.4 Å². The number of piperidine rings is 2. The Labute approximate surface area is 243 Å². The summed E-state index contributed by atoms with van der Waals surface area (Å²) in [7, 11) is 0. The molecule has 1 aliphatic carbocycles. The van der Waals surface area contributed by atoms with Crippen LogP contribution in [0.15, 0.2) is 78.0 Å². The SMILES string of the molecule is O=C(N1CCCCC1)C1(C(=O)N2CCC(O)(Cn3cnn4cccc4c3=O)CC2)C=CC(c2ccccc2)=CC1Cl. The van der Waals surface area contributed by atoms with Crippen LogP contribution in [0.4, 0.5) is 0 Å². The van der Waals surface area contributed by atoms with Gasteiger partial charge >= 0.3 is 0 Å². The lowest BCUT2D eigenvalue weighted by molar-refractivity contribution is -0.155. The van der Waals surface area contributed by atoms with Gasteiger partial charge in [-0.2, -0.15) is 5.10 Å². The molecule has 0 radical (unpaired) electrons. The lowest BCUT2D eigenvalue weighted by Crippen LogP contribution is -2.60. The Morgan fingerprint density at radius 3 is 2.32 bits per heavy atom. The Bertz CT molecular complexity index is 1560. The van der Waals surface area contributed by atoms with E-state index in [-0.39, 0.29) is 49.8 Å². The normalized spacial score (nSPS) is 24.3. The predicted molar refractivity (Wildman–Crippen MR) is 156 cm³/mol. The highest BCUT2D eigenvalue weighted by Crippen LogP contribution is 2.41. The molecule has 2 aliphatic heterocycles. The number of hydrogen-bond acceptors (Lipinski definition) is 5. The molecule has 6 rings (SSSR count). The molecule has 2 atom stereocenters. The van der Waals surface area contributed by atoms with Crippen LogP contribution in [0.25, 0.3) is 11.1 Å². The number of alkyl halides is 1. The van der Waals surface area contributed by atoms with E-state index in [9.17, 15) is 19.5 Å². The third-order valence-electron chi connectivity index (χ3n) is 8.71. The van der Waals surface area contributed by atoms with Crippen LogP contribution >= 0.6 is 11.6 Å². The van der Waals surface area contributed by atoms with E-state index in [4.69, 9.17) is 11.6 Å². The lowest BCUT2D eigenvalue weighted by atomic mass is 9.75. The number of carbonyl (C=O) groups is 2. The molecule has 3 aromatic rings. The molecular formula is C31H34ClN5O4. The summed E-state index contributed by atoms with van der Waals surface area (Å²) in [4.78, 5) is 44.7. The minimum atomic E-state index is -1.56. The molecular weight excluding hydrogens is 542 g/mol. The van der Waals surface area contributed by atoms with Gasteiger partial charge in [0, 0.05) is 32.4 Å². The van der Waals surface area contributed by atoms with Crippen molar-refractivity contribution in [2.45, 2.75) is 49.6 Å². The number of rotatable bonds is 5. The molecule has 1 aromatic carbocycles. The van der Waals surface area contributed by atoms with Crippen LogP contribution in [0.3, 0.4) is 0 Å². The molecule has 0 bridgehead atoms. The number of aromatic nitrogens is 3. The van der Waals surface area contributed by atoms with Gasteiger partial charge in [0.2, 0.25) is 11.8 Å². The van der Waals surface area contributed by atoms with E-state index in [0.717, 1.165) is 30.4 Å². The number of hydrogen-bond donors (Lipinski definition) is 1. The number of carbonyl (C=O) groups excluding carboxylic acids is 2. The Morgan fingerprint density at radius 2 is 1.63 bits per heavy atom. The predicted octanol–water partition coefficient (Wildman–Crippen LogP) is 3.11. The molecule has 2 amide bonds. The molecule has 1 N–H and O–H groups in total. The molecule has 41 heavy (non-hydrogen) atoms. The van der Waals surface area contributed by atoms with Crippen molar-refractivity contribution in [3.05, 3.63) is 89.1 Å². The number of halogens is 1. The molecule has 214 valence electrons. The highest BCUT2D eigenvalue weighted by molar-refractivity contribution is 6.29. The number of nitrogens with zero attached hydrogens (tertiary/aromatic N) is 5. The van der Waals surface area contributed by atoms with Gasteiger partial charge in [-0.25, -0.2) is 4.52 Å². The maximum Gasteiger partial charge on any atom is 0.277 e. The maximum absolute atomic E-state index is 14.3. The first-order valence-corrected chi connectivity index (χ1v) is 14.7. The van der Waals surface area contributed by atoms with Crippen LogP contribution in [-0.4, -0.2) is 78.1 Å². The van der Waals surface area contributed by atoms with E-state index in [1.807, 2.05) is 42.5 Å². The Balaban J connectivity index is 1.24. The average Bonchev–Trinajstić information content (AvgIpc) is 3.49. The summed E-state index contributed by atoms with van der Waals surface area (Å²) in [5.41, 5.74) is -0.726. The van der Waals surface area contributed by atoms with Crippen LogP contribution in [0.1, 0.15) is 37.7 Å². The zero-order valence-corrected chi connectivity index (χ0v) is 23.6. The Hall–Kier alpha value is -3.69. The number of benzene rings is 1. The van der Waals surface area contributed by atoms with E-state index < -0.39 is 16.4 Å². The van der Waals surface area contributed by atoms with Crippen LogP contribution in [0, 0.1) is 5.41 Å². The van der Waals surface area contributed by atoms with Gasteiger partial charge in [0.05, 0.1) is 17.5 Å². The minimum Gasteiger partial charge on any atom is -0.388 e. The van der Waals surface area contributed by atoms with E-state index in [2.05, 4.69) is 5.10 Å². The van der Waals surface area contributed by atoms with E-state index in [1.54, 1.807) is 34.2 Å². The summed E-state index contributed by atoms with van der Waals surface area (Å²) in [6, 6.07) is 13.2. The second-order valence-electron chi connectivity index (χ2n) is 11.4. The summed E-state index contributed by atoms with van der Waals surface area (Å²) in [5, 5.41) is 14.8. The first kappa shape index (κ1) is 27.5. The van der Waals surface area contributed by atoms with Crippen molar-refractivity contribution in [3.8, 4) is 0 Å². The molecule has 2 saturated heterocycles. The molecule has 0 spiro atoms. The molecule has 0 saturated carbocycles. The van der Waals surface area contributed by atoms with E-state index in [0.29, 0.717) is 18.6 Å². The number of amides is 2. The van der Waals surface area contributed by atoms with Crippen LogP contribution in [-0.2, 0) is 16.1 Å². The second kappa shape index (κ2) is 10.9. The zero-order chi connectivity index (χ0) is 28.6. The summed E-state index contributed by atoms with van der Waals surface area (Å²) in [5.74, 6) is -0.607. The van der Waals surface area contributed by atoms with E-state index >= 15 is 0 Å². The van der Waals surface area contributed by atoms with Gasteiger partial charge < -0.3 is 14.9 Å². The highest BCUT2D eigenvalue weighted by atomic mass is 35.5. The Kier molecular flexibility index (Phi) is 7.34. The van der Waals surface area contributed by atoms with Crippen molar-refractivity contribution in [3.63, 3.8) is 0 Å². The Morgan fingerprint density at radius 1 is 0.951 bits per heavy atom. The van der Waals surface area contributed by atoms with Crippen molar-refractivity contribution in [2.75, 3.05) is 26.2 Å². The summed E-state index contributed by atoms with van der Waals surface area (Å²) < 4.78 is 2.92. The highest BCUT2D eigenvalue weighted by Gasteiger charge is 2.54. The van der Waals surface area contributed by atoms with Gasteiger partial charge in [0.25, 0.3) is 5.56 Å². The number of allylic oxidation sites excluding steroid dienone is 3. The second-order valence-corrected chi connectivity index (χ2v) is 11.8. The lowest BCUT2D eigenvalue weighted by Gasteiger charge is -2.45. The quantitative estimate of drug-likeness (QED) is 0.372. The molecule has 2 aromatic heterocycles. The number of aliphatic hydroxyl groups is 1. The van der Waals surface area contributed by atoms with Crippen LogP contribution in [0.5, 0.6) is 0 Å². The molecule has 4 heterocycles. The average molecular weight is 576 g/mol. The number of likely N-dealkylation sites (tertiary alicyclic amines) is 2. The van der Waals surface area contributed by atoms with Crippen LogP contribution < -0.4 is 5.56 Å². The summed E-state index contributed by atoms with van der Waals surface area (Å²) in [6.07, 6.45) is 11.9. The first-order chi connectivity index (χ1) is 19.8.